The van der Waals surface area contributed by atoms with Gasteiger partial charge in [0.1, 0.15) is 17.6 Å². The van der Waals surface area contributed by atoms with Crippen LogP contribution >= 0.6 is 11.8 Å². The molecule has 0 fully saturated rings. The number of ether oxygens (including phenoxy) is 1. The van der Waals surface area contributed by atoms with Gasteiger partial charge in [-0.15, -0.1) is 11.8 Å². The minimum absolute atomic E-state index is 0.0781. The second kappa shape index (κ2) is 8.10. The predicted octanol–water partition coefficient (Wildman–Crippen LogP) is 4.36. The molecule has 3 aromatic rings. The molecule has 144 valence electrons. The van der Waals surface area contributed by atoms with Gasteiger partial charge in [0, 0.05) is 23.8 Å². The Morgan fingerprint density at radius 2 is 1.96 bits per heavy atom. The summed E-state index contributed by atoms with van der Waals surface area (Å²) in [5.41, 5.74) is 3.84. The third kappa shape index (κ3) is 3.92. The molecule has 4 rings (SSSR count). The van der Waals surface area contributed by atoms with Crippen molar-refractivity contribution in [1.29, 1.82) is 0 Å². The topological polar surface area (TPSA) is 64.4 Å². The van der Waals surface area contributed by atoms with Gasteiger partial charge >= 0.3 is 0 Å². The van der Waals surface area contributed by atoms with Gasteiger partial charge in [-0.25, -0.2) is 0 Å². The van der Waals surface area contributed by atoms with Crippen molar-refractivity contribution >= 4 is 17.7 Å². The summed E-state index contributed by atoms with van der Waals surface area (Å²) >= 11 is 1.74. The number of carbonyl (C=O) groups is 1. The Morgan fingerprint density at radius 1 is 1.18 bits per heavy atom. The molecule has 0 unspecified atom stereocenters. The van der Waals surface area contributed by atoms with Crippen LogP contribution < -0.4 is 10.1 Å². The monoisotopic (exact) mass is 394 g/mol. The molecule has 1 aromatic heterocycles. The fraction of sp³-hybridized carbons (Fsp3) is 0.273. The maximum Gasteiger partial charge on any atom is 0.273 e. The van der Waals surface area contributed by atoms with E-state index in [1.807, 2.05) is 13.0 Å². The van der Waals surface area contributed by atoms with Gasteiger partial charge in [-0.1, -0.05) is 30.3 Å². The van der Waals surface area contributed by atoms with E-state index in [1.165, 1.54) is 21.6 Å². The SMILES string of the molecule is CCc1cc(C(=O)NC[C@H]2Cc3cc(-c4ccc(SC)cc4)ccc3O2)no1. The summed E-state index contributed by atoms with van der Waals surface area (Å²) in [5.74, 6) is 1.35. The Morgan fingerprint density at radius 3 is 2.68 bits per heavy atom. The molecule has 0 bridgehead atoms. The van der Waals surface area contributed by atoms with Crippen molar-refractivity contribution in [3.63, 3.8) is 0 Å². The number of hydrogen-bond acceptors (Lipinski definition) is 5. The second-order valence-corrected chi connectivity index (χ2v) is 7.62. The van der Waals surface area contributed by atoms with Gasteiger partial charge in [0.05, 0.1) is 6.54 Å². The Hall–Kier alpha value is -2.73. The molecular weight excluding hydrogens is 372 g/mol. The van der Waals surface area contributed by atoms with Gasteiger partial charge in [0.15, 0.2) is 5.69 Å². The summed E-state index contributed by atoms with van der Waals surface area (Å²) in [6.45, 7) is 2.39. The molecular formula is C22H22N2O3S. The molecule has 2 heterocycles. The number of fused-ring (bicyclic) bond motifs is 1. The maximum absolute atomic E-state index is 12.2. The number of aryl methyl sites for hydroxylation is 1. The van der Waals surface area contributed by atoms with Crippen LogP contribution in [0.4, 0.5) is 0 Å². The Labute approximate surface area is 168 Å². The molecule has 0 aliphatic carbocycles. The average Bonchev–Trinajstić information content (AvgIpc) is 3.38. The third-order valence-electron chi connectivity index (χ3n) is 4.86. The first-order valence-electron chi connectivity index (χ1n) is 9.34. The van der Waals surface area contributed by atoms with Crippen LogP contribution in [0.1, 0.15) is 28.7 Å². The van der Waals surface area contributed by atoms with E-state index < -0.39 is 0 Å². The lowest BCUT2D eigenvalue weighted by molar-refractivity contribution is 0.0924. The number of aromatic nitrogens is 1. The number of nitrogens with zero attached hydrogens (tertiary/aromatic N) is 1. The van der Waals surface area contributed by atoms with Crippen LogP contribution in [0.25, 0.3) is 11.1 Å². The number of hydrogen-bond donors (Lipinski definition) is 1. The average molecular weight is 394 g/mol. The quantitative estimate of drug-likeness (QED) is 0.630. The van der Waals surface area contributed by atoms with E-state index in [-0.39, 0.29) is 12.0 Å². The smallest absolute Gasteiger partial charge is 0.273 e. The summed E-state index contributed by atoms with van der Waals surface area (Å²) in [4.78, 5) is 13.5. The lowest BCUT2D eigenvalue weighted by Crippen LogP contribution is -2.34. The zero-order chi connectivity index (χ0) is 19.5. The normalized spacial score (nSPS) is 15.1. The molecule has 1 aliphatic heterocycles. The van der Waals surface area contributed by atoms with Crippen LogP contribution in [0, 0.1) is 0 Å². The van der Waals surface area contributed by atoms with Crippen LogP contribution in [-0.2, 0) is 12.8 Å². The van der Waals surface area contributed by atoms with Crippen LogP contribution in [0.2, 0.25) is 0 Å². The zero-order valence-corrected chi connectivity index (χ0v) is 16.7. The first kappa shape index (κ1) is 18.6. The highest BCUT2D eigenvalue weighted by Gasteiger charge is 2.24. The molecule has 1 atom stereocenters. The van der Waals surface area contributed by atoms with Crippen molar-refractivity contribution in [1.82, 2.24) is 10.5 Å². The first-order chi connectivity index (χ1) is 13.7. The van der Waals surface area contributed by atoms with E-state index in [4.69, 9.17) is 9.26 Å². The molecule has 0 radical (unpaired) electrons. The van der Waals surface area contributed by atoms with Gasteiger partial charge in [0.25, 0.3) is 5.91 Å². The van der Waals surface area contributed by atoms with Crippen LogP contribution in [0.15, 0.2) is 57.9 Å². The lowest BCUT2D eigenvalue weighted by Gasteiger charge is -2.10. The second-order valence-electron chi connectivity index (χ2n) is 6.74. The van der Waals surface area contributed by atoms with Crippen molar-refractivity contribution in [3.05, 3.63) is 65.5 Å². The lowest BCUT2D eigenvalue weighted by atomic mass is 10.0. The Kier molecular flexibility index (Phi) is 5.39. The number of amides is 1. The summed E-state index contributed by atoms with van der Waals surface area (Å²) in [6.07, 6.45) is 3.48. The number of benzene rings is 2. The van der Waals surface area contributed by atoms with Gasteiger partial charge in [0.2, 0.25) is 0 Å². The van der Waals surface area contributed by atoms with Crippen molar-refractivity contribution in [2.45, 2.75) is 30.8 Å². The molecule has 1 amide bonds. The highest BCUT2D eigenvalue weighted by molar-refractivity contribution is 7.98. The van der Waals surface area contributed by atoms with Crippen LogP contribution in [0.5, 0.6) is 5.75 Å². The zero-order valence-electron chi connectivity index (χ0n) is 15.9. The number of thioether (sulfide) groups is 1. The minimum Gasteiger partial charge on any atom is -0.488 e. The fourth-order valence-electron chi connectivity index (χ4n) is 3.28. The maximum atomic E-state index is 12.2. The van der Waals surface area contributed by atoms with Crippen LogP contribution in [-0.4, -0.2) is 30.0 Å². The number of carbonyl (C=O) groups excluding carboxylic acids is 1. The molecule has 2 aromatic carbocycles. The van der Waals surface area contributed by atoms with E-state index in [0.717, 1.165) is 12.2 Å². The summed E-state index contributed by atoms with van der Waals surface area (Å²) < 4.78 is 11.1. The van der Waals surface area contributed by atoms with E-state index in [9.17, 15) is 4.79 Å². The Bertz CT molecular complexity index is 982. The predicted molar refractivity (Wildman–Crippen MR) is 110 cm³/mol. The van der Waals surface area contributed by atoms with Crippen LogP contribution in [0.3, 0.4) is 0 Å². The van der Waals surface area contributed by atoms with E-state index in [2.05, 4.69) is 53.1 Å². The van der Waals surface area contributed by atoms with Crippen molar-refractivity contribution in [3.8, 4) is 16.9 Å². The summed E-state index contributed by atoms with van der Waals surface area (Å²) in [7, 11) is 0. The highest BCUT2D eigenvalue weighted by Crippen LogP contribution is 2.33. The first-order valence-corrected chi connectivity index (χ1v) is 10.6. The van der Waals surface area contributed by atoms with Crippen molar-refractivity contribution in [2.24, 2.45) is 0 Å². The molecule has 0 spiro atoms. The highest BCUT2D eigenvalue weighted by atomic mass is 32.2. The molecule has 1 aliphatic rings. The third-order valence-corrected chi connectivity index (χ3v) is 5.60. The van der Waals surface area contributed by atoms with E-state index in [1.54, 1.807) is 17.8 Å². The molecule has 0 saturated heterocycles. The minimum atomic E-state index is -0.238. The van der Waals surface area contributed by atoms with Gasteiger partial charge in [-0.2, -0.15) is 0 Å². The van der Waals surface area contributed by atoms with E-state index in [0.29, 0.717) is 24.4 Å². The summed E-state index contributed by atoms with van der Waals surface area (Å²) in [6, 6.07) is 16.5. The van der Waals surface area contributed by atoms with Crippen molar-refractivity contribution in [2.75, 3.05) is 12.8 Å². The molecule has 1 N–H and O–H groups in total. The molecule has 6 heteroatoms. The Balaban J connectivity index is 1.38. The number of nitrogens with one attached hydrogen (secondary N) is 1. The van der Waals surface area contributed by atoms with Gasteiger partial charge in [-0.05, 0) is 47.2 Å². The van der Waals surface area contributed by atoms with Gasteiger partial charge < -0.3 is 14.6 Å². The fourth-order valence-corrected chi connectivity index (χ4v) is 3.69. The molecule has 5 nitrogen and oxygen atoms in total. The van der Waals surface area contributed by atoms with E-state index >= 15 is 0 Å². The largest absolute Gasteiger partial charge is 0.488 e. The standard InChI is InChI=1S/C22H22N2O3S/c1-3-17-12-20(24-27-17)22(25)23-13-18-11-16-10-15(6-9-21(16)26-18)14-4-7-19(28-2)8-5-14/h4-10,12,18H,3,11,13H2,1-2H3,(H,23,25)/t18-/m1/s1. The van der Waals surface area contributed by atoms with Crippen molar-refractivity contribution < 1.29 is 14.1 Å². The molecule has 28 heavy (non-hydrogen) atoms. The summed E-state index contributed by atoms with van der Waals surface area (Å²) in [5, 5.41) is 6.68. The number of rotatable bonds is 6. The van der Waals surface area contributed by atoms with Gasteiger partial charge in [-0.3, -0.25) is 4.79 Å². The molecule has 0 saturated carbocycles.